The Hall–Kier alpha value is -2.82. The third-order valence-electron chi connectivity index (χ3n) is 5.93. The first-order valence-electron chi connectivity index (χ1n) is 10.6. The lowest BCUT2D eigenvalue weighted by Crippen LogP contribution is -2.50. The van der Waals surface area contributed by atoms with Crippen molar-refractivity contribution >= 4 is 19.6 Å². The SMILES string of the molecule is [C-]#[N+]/C(=C(/C#N)c1ccc(O[Si](C(C)C)(C(C)C)C(C)C)cc1)c1ccc(C)cc1. The summed E-state index contributed by atoms with van der Waals surface area (Å²) in [5, 5.41) is 9.80. The van der Waals surface area contributed by atoms with Crippen LogP contribution in [-0.4, -0.2) is 8.32 Å². The molecular weight excluding hydrogens is 384 g/mol. The third kappa shape index (κ3) is 4.66. The summed E-state index contributed by atoms with van der Waals surface area (Å²) in [4.78, 5) is 3.67. The molecule has 2 rings (SSSR count). The Morgan fingerprint density at radius 1 is 0.867 bits per heavy atom. The predicted molar refractivity (Wildman–Crippen MR) is 128 cm³/mol. The van der Waals surface area contributed by atoms with E-state index in [-0.39, 0.29) is 0 Å². The summed E-state index contributed by atoms with van der Waals surface area (Å²) in [7, 11) is -2.03. The van der Waals surface area contributed by atoms with Crippen LogP contribution in [0.2, 0.25) is 16.6 Å². The molecule has 0 unspecified atom stereocenters. The summed E-state index contributed by atoms with van der Waals surface area (Å²) >= 11 is 0. The van der Waals surface area contributed by atoms with Gasteiger partial charge >= 0.3 is 0 Å². The van der Waals surface area contributed by atoms with Gasteiger partial charge in [0.1, 0.15) is 5.75 Å². The number of allylic oxidation sites excluding steroid dienone is 1. The van der Waals surface area contributed by atoms with Crippen molar-refractivity contribution in [2.24, 2.45) is 0 Å². The number of nitrogens with zero attached hydrogens (tertiary/aromatic N) is 2. The molecule has 0 amide bonds. The van der Waals surface area contributed by atoms with Crippen LogP contribution < -0.4 is 4.43 Å². The number of benzene rings is 2. The maximum Gasteiger partial charge on any atom is 0.258 e. The molecule has 2 aromatic rings. The molecule has 0 aliphatic heterocycles. The Morgan fingerprint density at radius 3 is 1.73 bits per heavy atom. The Morgan fingerprint density at radius 2 is 1.33 bits per heavy atom. The molecule has 0 aliphatic carbocycles. The minimum absolute atomic E-state index is 0.376. The van der Waals surface area contributed by atoms with Crippen molar-refractivity contribution in [1.29, 1.82) is 5.26 Å². The highest BCUT2D eigenvalue weighted by Crippen LogP contribution is 2.43. The van der Waals surface area contributed by atoms with Gasteiger partial charge in [0.25, 0.3) is 8.32 Å². The second kappa shape index (κ2) is 9.79. The van der Waals surface area contributed by atoms with Gasteiger partial charge in [-0.05, 0) is 46.8 Å². The standard InChI is InChI=1S/C26H32N2OSi/c1-18(2)30(19(3)4,20(5)6)29-24-15-13-22(14-16-24)25(17-27)26(28-8)23-11-9-21(7)10-12-23/h9-16,18-20H,1-7H3/b26-25-. The van der Waals surface area contributed by atoms with E-state index in [4.69, 9.17) is 11.0 Å². The fraction of sp³-hybridized carbons (Fsp3) is 0.385. The van der Waals surface area contributed by atoms with Crippen LogP contribution in [0, 0.1) is 24.8 Å². The first-order valence-corrected chi connectivity index (χ1v) is 12.7. The average Bonchev–Trinajstić information content (AvgIpc) is 2.71. The average molecular weight is 417 g/mol. The topological polar surface area (TPSA) is 37.4 Å². The normalized spacial score (nSPS) is 12.5. The van der Waals surface area contributed by atoms with Crippen molar-refractivity contribution in [3.63, 3.8) is 0 Å². The molecule has 0 saturated heterocycles. The van der Waals surface area contributed by atoms with E-state index in [1.54, 1.807) is 0 Å². The molecule has 0 radical (unpaired) electrons. The lowest BCUT2D eigenvalue weighted by molar-refractivity contribution is 0.480. The van der Waals surface area contributed by atoms with Gasteiger partial charge in [-0.2, -0.15) is 5.26 Å². The molecule has 0 saturated carbocycles. The number of hydrogen-bond donors (Lipinski definition) is 0. The van der Waals surface area contributed by atoms with E-state index in [9.17, 15) is 5.26 Å². The lowest BCUT2D eigenvalue weighted by Gasteiger charge is -2.42. The quantitative estimate of drug-likeness (QED) is 0.199. The molecule has 3 nitrogen and oxygen atoms in total. The summed E-state index contributed by atoms with van der Waals surface area (Å²) in [5.74, 6) is 0.846. The molecule has 4 heteroatoms. The molecule has 0 spiro atoms. The second-order valence-electron chi connectivity index (χ2n) is 8.76. The van der Waals surface area contributed by atoms with Crippen molar-refractivity contribution in [2.45, 2.75) is 65.1 Å². The van der Waals surface area contributed by atoms with Crippen molar-refractivity contribution in [3.8, 4) is 11.8 Å². The van der Waals surface area contributed by atoms with E-state index >= 15 is 0 Å². The third-order valence-corrected chi connectivity index (χ3v) is 11.9. The second-order valence-corrected chi connectivity index (χ2v) is 14.1. The van der Waals surface area contributed by atoms with E-state index < -0.39 is 8.32 Å². The van der Waals surface area contributed by atoms with E-state index in [0.717, 1.165) is 22.4 Å². The minimum Gasteiger partial charge on any atom is -0.543 e. The van der Waals surface area contributed by atoms with Crippen LogP contribution in [0.5, 0.6) is 5.75 Å². The summed E-state index contributed by atoms with van der Waals surface area (Å²) in [6.45, 7) is 23.2. The molecule has 2 aromatic carbocycles. The fourth-order valence-corrected chi connectivity index (χ4v) is 9.73. The van der Waals surface area contributed by atoms with Gasteiger partial charge in [-0.3, -0.25) is 0 Å². The molecule has 0 aliphatic rings. The van der Waals surface area contributed by atoms with Crippen LogP contribution in [-0.2, 0) is 0 Å². The molecule has 0 fully saturated rings. The predicted octanol–water partition coefficient (Wildman–Crippen LogP) is 7.86. The number of rotatable bonds is 7. The zero-order valence-corrected chi connectivity index (χ0v) is 20.2. The smallest absolute Gasteiger partial charge is 0.258 e. The summed E-state index contributed by atoms with van der Waals surface area (Å²) in [6, 6.07) is 17.6. The van der Waals surface area contributed by atoms with Gasteiger partial charge in [-0.25, -0.2) is 4.85 Å². The van der Waals surface area contributed by atoms with Gasteiger partial charge in [-0.1, -0.05) is 83.5 Å². The Balaban J connectivity index is 2.45. The minimum atomic E-state index is -2.03. The monoisotopic (exact) mass is 416 g/mol. The van der Waals surface area contributed by atoms with E-state index in [1.807, 2.05) is 55.5 Å². The Bertz CT molecular complexity index is 950. The van der Waals surface area contributed by atoms with Crippen molar-refractivity contribution in [2.75, 3.05) is 0 Å². The number of hydrogen-bond acceptors (Lipinski definition) is 2. The highest BCUT2D eigenvalue weighted by Gasteiger charge is 2.46. The van der Waals surface area contributed by atoms with Gasteiger partial charge in [0.2, 0.25) is 5.70 Å². The first kappa shape index (κ1) is 23.5. The van der Waals surface area contributed by atoms with Gasteiger partial charge in [0, 0.05) is 0 Å². The molecule has 30 heavy (non-hydrogen) atoms. The highest BCUT2D eigenvalue weighted by atomic mass is 28.4. The Kier molecular flexibility index (Phi) is 7.65. The van der Waals surface area contributed by atoms with Gasteiger partial charge < -0.3 is 4.43 Å². The largest absolute Gasteiger partial charge is 0.543 e. The van der Waals surface area contributed by atoms with Crippen molar-refractivity contribution in [1.82, 2.24) is 0 Å². The van der Waals surface area contributed by atoms with Crippen molar-refractivity contribution < 1.29 is 4.43 Å². The summed E-state index contributed by atoms with van der Waals surface area (Å²) in [6.07, 6.45) is 0. The number of nitriles is 1. The molecule has 0 atom stereocenters. The van der Waals surface area contributed by atoms with Crippen LogP contribution >= 0.6 is 0 Å². The van der Waals surface area contributed by atoms with Gasteiger partial charge in [-0.15, -0.1) is 0 Å². The summed E-state index contributed by atoms with van der Waals surface area (Å²) in [5.41, 5.74) is 4.85. The molecule has 0 bridgehead atoms. The molecular formula is C26H32N2OSi. The van der Waals surface area contributed by atoms with Crippen LogP contribution in [0.3, 0.4) is 0 Å². The number of aryl methyl sites for hydroxylation is 1. The van der Waals surface area contributed by atoms with Crippen LogP contribution in [0.4, 0.5) is 0 Å². The lowest BCUT2D eigenvalue weighted by atomic mass is 10.00. The van der Waals surface area contributed by atoms with E-state index in [2.05, 4.69) is 52.5 Å². The Labute approximate surface area is 183 Å². The van der Waals surface area contributed by atoms with E-state index in [0.29, 0.717) is 27.9 Å². The maximum atomic E-state index is 9.80. The molecule has 0 heterocycles. The molecule has 0 aromatic heterocycles. The van der Waals surface area contributed by atoms with Crippen LogP contribution in [0.15, 0.2) is 48.5 Å². The van der Waals surface area contributed by atoms with Crippen molar-refractivity contribution in [3.05, 3.63) is 76.6 Å². The van der Waals surface area contributed by atoms with E-state index in [1.165, 1.54) is 0 Å². The molecule has 0 N–H and O–H groups in total. The zero-order chi connectivity index (χ0) is 22.5. The van der Waals surface area contributed by atoms with Gasteiger partial charge in [0.15, 0.2) is 0 Å². The van der Waals surface area contributed by atoms with Crippen LogP contribution in [0.1, 0.15) is 58.2 Å². The first-order chi connectivity index (χ1) is 14.2. The maximum absolute atomic E-state index is 9.80. The molecule has 156 valence electrons. The highest BCUT2D eigenvalue weighted by molar-refractivity contribution is 6.78. The fourth-order valence-electron chi connectivity index (χ4n) is 4.48. The zero-order valence-electron chi connectivity index (χ0n) is 19.2. The summed E-state index contributed by atoms with van der Waals surface area (Å²) < 4.78 is 6.72. The van der Waals surface area contributed by atoms with Crippen LogP contribution in [0.25, 0.3) is 16.1 Å². The van der Waals surface area contributed by atoms with Gasteiger partial charge in [0.05, 0.1) is 18.2 Å².